The number of ether oxygens (including phenoxy) is 2. The van der Waals surface area contributed by atoms with Crippen molar-refractivity contribution in [2.75, 3.05) is 27.3 Å². The molecule has 0 N–H and O–H groups in total. The Hall–Kier alpha value is -1.55. The fourth-order valence-corrected chi connectivity index (χ4v) is 2.43. The van der Waals surface area contributed by atoms with E-state index in [1.54, 1.807) is 12.0 Å². The summed E-state index contributed by atoms with van der Waals surface area (Å²) < 4.78 is 10.7. The number of rotatable bonds is 6. The number of nitrogens with zero attached hydrogens (tertiary/aromatic N) is 1. The molecule has 1 aliphatic heterocycles. The van der Waals surface area contributed by atoms with E-state index in [9.17, 15) is 4.79 Å². The summed E-state index contributed by atoms with van der Waals surface area (Å²) >= 11 is 0. The highest BCUT2D eigenvalue weighted by Gasteiger charge is 2.19. The molecule has 1 fully saturated rings. The summed E-state index contributed by atoms with van der Waals surface area (Å²) in [6.45, 7) is 1.54. The van der Waals surface area contributed by atoms with E-state index in [1.807, 2.05) is 31.3 Å². The Morgan fingerprint density at radius 3 is 2.75 bits per heavy atom. The fraction of sp³-hybridized carbons (Fsp3) is 0.562. The molecule has 0 saturated carbocycles. The van der Waals surface area contributed by atoms with Gasteiger partial charge in [0, 0.05) is 26.6 Å². The van der Waals surface area contributed by atoms with Crippen LogP contribution in [0.3, 0.4) is 0 Å². The van der Waals surface area contributed by atoms with Crippen molar-refractivity contribution in [1.29, 1.82) is 0 Å². The van der Waals surface area contributed by atoms with Crippen molar-refractivity contribution in [3.8, 4) is 5.75 Å². The number of carbonyl (C=O) groups excluding carboxylic acids is 1. The van der Waals surface area contributed by atoms with Gasteiger partial charge in [-0.1, -0.05) is 12.1 Å². The quantitative estimate of drug-likeness (QED) is 0.800. The first-order valence-corrected chi connectivity index (χ1v) is 7.17. The molecule has 1 unspecified atom stereocenters. The Bertz CT molecular complexity index is 424. The minimum absolute atomic E-state index is 0.177. The van der Waals surface area contributed by atoms with Crippen LogP contribution in [0.25, 0.3) is 0 Å². The van der Waals surface area contributed by atoms with Crippen molar-refractivity contribution in [3.05, 3.63) is 29.8 Å². The van der Waals surface area contributed by atoms with Gasteiger partial charge in [0.15, 0.2) is 0 Å². The third-order valence-corrected chi connectivity index (χ3v) is 3.71. The molecule has 1 aromatic rings. The molecular formula is C16H23NO3. The second kappa shape index (κ2) is 7.29. The third-order valence-electron chi connectivity index (χ3n) is 3.71. The van der Waals surface area contributed by atoms with Crippen molar-refractivity contribution < 1.29 is 14.3 Å². The van der Waals surface area contributed by atoms with E-state index in [4.69, 9.17) is 9.47 Å². The van der Waals surface area contributed by atoms with Crippen LogP contribution >= 0.6 is 0 Å². The van der Waals surface area contributed by atoms with Crippen LogP contribution in [-0.2, 0) is 16.0 Å². The molecule has 1 amide bonds. The zero-order chi connectivity index (χ0) is 14.4. The van der Waals surface area contributed by atoms with Gasteiger partial charge in [-0.15, -0.1) is 0 Å². The van der Waals surface area contributed by atoms with E-state index in [0.717, 1.165) is 37.2 Å². The lowest BCUT2D eigenvalue weighted by molar-refractivity contribution is -0.131. The Balaban J connectivity index is 1.75. The topological polar surface area (TPSA) is 38.8 Å². The molecule has 0 spiro atoms. The Labute approximate surface area is 120 Å². The first kappa shape index (κ1) is 14.9. The van der Waals surface area contributed by atoms with Gasteiger partial charge in [-0.25, -0.2) is 0 Å². The monoisotopic (exact) mass is 277 g/mol. The van der Waals surface area contributed by atoms with E-state index < -0.39 is 0 Å². The molecule has 0 radical (unpaired) electrons. The Morgan fingerprint density at radius 1 is 1.40 bits per heavy atom. The fourth-order valence-electron chi connectivity index (χ4n) is 2.43. The van der Waals surface area contributed by atoms with Crippen LogP contribution in [0.2, 0.25) is 0 Å². The molecule has 0 aromatic heterocycles. The summed E-state index contributed by atoms with van der Waals surface area (Å²) in [4.78, 5) is 13.9. The van der Waals surface area contributed by atoms with E-state index in [0.29, 0.717) is 13.0 Å². The summed E-state index contributed by atoms with van der Waals surface area (Å²) in [5, 5.41) is 0. The largest absolute Gasteiger partial charge is 0.497 e. The minimum atomic E-state index is 0.177. The second-order valence-electron chi connectivity index (χ2n) is 5.26. The molecule has 20 heavy (non-hydrogen) atoms. The van der Waals surface area contributed by atoms with E-state index >= 15 is 0 Å². The SMILES string of the molecule is COc1ccc(CCC(=O)N(C)CC2CCCO2)cc1. The first-order chi connectivity index (χ1) is 9.69. The molecule has 2 rings (SSSR count). The predicted molar refractivity (Wildman–Crippen MR) is 77.9 cm³/mol. The number of likely N-dealkylation sites (N-methyl/N-ethyl adjacent to an activating group) is 1. The van der Waals surface area contributed by atoms with Crippen molar-refractivity contribution in [1.82, 2.24) is 4.90 Å². The Kier molecular flexibility index (Phi) is 5.41. The van der Waals surface area contributed by atoms with E-state index in [-0.39, 0.29) is 12.0 Å². The molecule has 1 heterocycles. The maximum atomic E-state index is 12.1. The maximum absolute atomic E-state index is 12.1. The molecule has 1 aromatic carbocycles. The molecule has 1 atom stereocenters. The van der Waals surface area contributed by atoms with Gasteiger partial charge in [0.25, 0.3) is 0 Å². The zero-order valence-electron chi connectivity index (χ0n) is 12.3. The van der Waals surface area contributed by atoms with Gasteiger partial charge in [0.2, 0.25) is 5.91 Å². The zero-order valence-corrected chi connectivity index (χ0v) is 12.3. The molecule has 4 heteroatoms. The lowest BCUT2D eigenvalue weighted by Crippen LogP contribution is -2.34. The predicted octanol–water partition coefficient (Wildman–Crippen LogP) is 2.27. The van der Waals surface area contributed by atoms with Crippen molar-refractivity contribution in [2.45, 2.75) is 31.8 Å². The lowest BCUT2D eigenvalue weighted by atomic mass is 10.1. The van der Waals surface area contributed by atoms with Crippen LogP contribution in [0.15, 0.2) is 24.3 Å². The van der Waals surface area contributed by atoms with Gasteiger partial charge in [-0.3, -0.25) is 4.79 Å². The summed E-state index contributed by atoms with van der Waals surface area (Å²) in [6.07, 6.45) is 3.70. The smallest absolute Gasteiger partial charge is 0.222 e. The first-order valence-electron chi connectivity index (χ1n) is 7.17. The van der Waals surface area contributed by atoms with Crippen molar-refractivity contribution >= 4 is 5.91 Å². The molecule has 110 valence electrons. The normalized spacial score (nSPS) is 18.0. The number of aryl methyl sites for hydroxylation is 1. The lowest BCUT2D eigenvalue weighted by Gasteiger charge is -2.20. The average molecular weight is 277 g/mol. The van der Waals surface area contributed by atoms with Gasteiger partial charge in [0.1, 0.15) is 5.75 Å². The van der Waals surface area contributed by atoms with Crippen molar-refractivity contribution in [3.63, 3.8) is 0 Å². The van der Waals surface area contributed by atoms with Crippen LogP contribution in [0.1, 0.15) is 24.8 Å². The number of hydrogen-bond donors (Lipinski definition) is 0. The van der Waals surface area contributed by atoms with Crippen LogP contribution in [0, 0.1) is 0 Å². The van der Waals surface area contributed by atoms with Gasteiger partial charge in [-0.2, -0.15) is 0 Å². The van der Waals surface area contributed by atoms with Crippen molar-refractivity contribution in [2.24, 2.45) is 0 Å². The van der Waals surface area contributed by atoms with E-state index in [2.05, 4.69) is 0 Å². The number of amides is 1. The highest BCUT2D eigenvalue weighted by Crippen LogP contribution is 2.15. The van der Waals surface area contributed by atoms with Crippen LogP contribution < -0.4 is 4.74 Å². The number of hydrogen-bond acceptors (Lipinski definition) is 3. The van der Waals surface area contributed by atoms with Crippen LogP contribution in [0.5, 0.6) is 5.75 Å². The van der Waals surface area contributed by atoms with Gasteiger partial charge < -0.3 is 14.4 Å². The Morgan fingerprint density at radius 2 is 2.15 bits per heavy atom. The highest BCUT2D eigenvalue weighted by molar-refractivity contribution is 5.76. The number of carbonyl (C=O) groups is 1. The van der Waals surface area contributed by atoms with E-state index in [1.165, 1.54) is 0 Å². The molecule has 1 aliphatic rings. The average Bonchev–Trinajstić information content (AvgIpc) is 2.98. The number of benzene rings is 1. The van der Waals surface area contributed by atoms with Crippen LogP contribution in [-0.4, -0.2) is 44.2 Å². The van der Waals surface area contributed by atoms with Gasteiger partial charge in [-0.05, 0) is 37.0 Å². The standard InChI is InChI=1S/C16H23NO3/c1-17(12-15-4-3-11-20-15)16(18)10-7-13-5-8-14(19-2)9-6-13/h5-6,8-9,15H,3-4,7,10-12H2,1-2H3. The molecule has 1 saturated heterocycles. The summed E-state index contributed by atoms with van der Waals surface area (Å²) in [5.74, 6) is 1.02. The van der Waals surface area contributed by atoms with Gasteiger partial charge in [0.05, 0.1) is 13.2 Å². The molecule has 0 aliphatic carbocycles. The molecule has 4 nitrogen and oxygen atoms in total. The number of methoxy groups -OCH3 is 1. The third kappa shape index (κ3) is 4.23. The summed E-state index contributed by atoms with van der Waals surface area (Å²) in [7, 11) is 3.51. The molecular weight excluding hydrogens is 254 g/mol. The van der Waals surface area contributed by atoms with Crippen LogP contribution in [0.4, 0.5) is 0 Å². The second-order valence-corrected chi connectivity index (χ2v) is 5.26. The minimum Gasteiger partial charge on any atom is -0.497 e. The molecule has 0 bridgehead atoms. The highest BCUT2D eigenvalue weighted by atomic mass is 16.5. The van der Waals surface area contributed by atoms with Gasteiger partial charge >= 0.3 is 0 Å². The summed E-state index contributed by atoms with van der Waals surface area (Å²) in [6, 6.07) is 7.87. The summed E-state index contributed by atoms with van der Waals surface area (Å²) in [5.41, 5.74) is 1.16. The maximum Gasteiger partial charge on any atom is 0.222 e.